The van der Waals surface area contributed by atoms with E-state index in [1.165, 1.54) is 202 Å². The fraction of sp³-hybridized carbons (Fsp3) is 0. The van der Waals surface area contributed by atoms with E-state index in [9.17, 15) is 0 Å². The summed E-state index contributed by atoms with van der Waals surface area (Å²) in [5.74, 6) is 2.16. The van der Waals surface area contributed by atoms with Crippen LogP contribution in [-0.4, -0.2) is 239 Å². The maximum atomic E-state index is 5.87. The molecule has 0 saturated heterocycles. The summed E-state index contributed by atoms with van der Waals surface area (Å²) >= 11 is 0. The lowest BCUT2D eigenvalue weighted by Gasteiger charge is -2.28. The predicted octanol–water partition coefficient (Wildman–Crippen LogP) is -35.2. The summed E-state index contributed by atoms with van der Waals surface area (Å²) in [6, 6.07) is 0. The van der Waals surface area contributed by atoms with Gasteiger partial charge in [0.15, 0.2) is 25.3 Å². The van der Waals surface area contributed by atoms with Crippen molar-refractivity contribution in [2.24, 2.45) is 0 Å². The van der Waals surface area contributed by atoms with E-state index in [1.54, 1.807) is 0 Å². The molecule has 0 N–H and O–H groups in total. The van der Waals surface area contributed by atoms with E-state index < -0.39 is 0 Å². The molecule has 342 valence electrons. The highest BCUT2D eigenvalue weighted by Crippen LogP contribution is 2.32. The normalized spacial score (nSPS) is 12.1. The van der Waals surface area contributed by atoms with E-state index in [-0.39, 0.29) is 0 Å². The Morgan fingerprint density at radius 2 is 0.571 bits per heavy atom. The van der Waals surface area contributed by atoms with Crippen LogP contribution in [0.25, 0.3) is 88.5 Å². The van der Waals surface area contributed by atoms with Gasteiger partial charge in [0, 0.05) is 27.9 Å². The Labute approximate surface area is 484 Å². The van der Waals surface area contributed by atoms with Crippen LogP contribution < -0.4 is 137 Å². The summed E-state index contributed by atoms with van der Waals surface area (Å²) in [6.45, 7) is 4.44. The van der Waals surface area contributed by atoms with E-state index in [0.717, 1.165) is 33.8 Å². The van der Waals surface area contributed by atoms with Gasteiger partial charge in [-0.3, -0.25) is 0 Å². The molecule has 4 nitrogen and oxygen atoms in total. The summed E-state index contributed by atoms with van der Waals surface area (Å²) in [6.07, 6.45) is 0. The number of hydrogen-bond donors (Lipinski definition) is 0. The first-order valence-corrected chi connectivity index (χ1v) is 28.1. The third-order valence-electron chi connectivity index (χ3n) is 20.9. The van der Waals surface area contributed by atoms with E-state index in [0.29, 0.717) is 5.82 Å². The van der Waals surface area contributed by atoms with Crippen LogP contribution in [0.5, 0.6) is 0 Å². The van der Waals surface area contributed by atoms with Crippen molar-refractivity contribution in [3.8, 4) is 39.9 Å². The van der Waals surface area contributed by atoms with Gasteiger partial charge >= 0.3 is 0 Å². The second-order valence-electron chi connectivity index (χ2n) is 24.1. The molecule has 0 saturated carbocycles. The molecule has 9 rings (SSSR count). The number of benzene rings is 7. The van der Waals surface area contributed by atoms with Crippen LogP contribution in [0.2, 0.25) is 0 Å². The number of nitrogens with zero attached hydrogens (tertiary/aromatic N) is 4. The van der Waals surface area contributed by atoms with Crippen molar-refractivity contribution in [3.63, 3.8) is 0 Å². The topological polar surface area (TPSA) is 43.6 Å². The van der Waals surface area contributed by atoms with Gasteiger partial charge in [0.05, 0.1) is 0 Å². The highest BCUT2D eigenvalue weighted by Gasteiger charge is 2.31. The number of allylic oxidation sites excluding steroid dienone is 2. The molecule has 0 aliphatic rings. The van der Waals surface area contributed by atoms with Crippen LogP contribution in [0.3, 0.4) is 0 Å². The third kappa shape index (κ3) is 7.93. The van der Waals surface area contributed by atoms with Crippen LogP contribution in [0.15, 0.2) is 17.5 Å². The van der Waals surface area contributed by atoms with Crippen molar-refractivity contribution in [2.75, 3.05) is 0 Å². The summed E-state index contributed by atoms with van der Waals surface area (Å²) < 4.78 is 2.64. The standard InChI is InChI=1S/C45H58B28N4/c1-2(46)14(47)26(59)10-9-25(58)36(69)37(70)39(72)41(9)77(42(10)73)40-8-3(17(50)30(63)35(68)24(8)57)11(27(60)38(40)71)43-74-44(12-15(48)4-6(18(51)28(12)61)22(55)33(66)31(64)20(4)53)76-45(75-43)13-16(49)5-7(19(52)29(13)62)23(56)34(67)32(65)21(5)54/h1,46-73H2/b26-14-. The Bertz CT molecular complexity index is 4200. The lowest BCUT2D eigenvalue weighted by Crippen LogP contribution is -2.52. The molecule has 32 heteroatoms. The molecule has 0 unspecified atom stereocenters. The maximum Gasteiger partial charge on any atom is 0.164 e. The summed E-state index contributed by atoms with van der Waals surface area (Å²) in [5, 5.41) is 9.12. The average Bonchev–Trinajstić information content (AvgIpc) is 3.76. The lowest BCUT2D eigenvalue weighted by atomic mass is 9.59. The molecule has 0 atom stereocenters. The molecule has 7 aromatic carbocycles. The quantitative estimate of drug-likeness (QED) is 0.123. The number of hydrogen-bond acceptors (Lipinski definition) is 3. The molecule has 2 heterocycles. The van der Waals surface area contributed by atoms with E-state index in [2.05, 4.69) is 231 Å². The SMILES string of the molecule is BC(=C)/C(B)=C(/B)c1c(B)n(-c2c(B)c(B)c(-c3nc(-c4c(B)c(B)c5c(B)c(B)c(B)c(B)c5c4B)nc(-c4c(B)c(B)c5c(B)c(B)c(B)c(B)c5c4B)n3)c3c(B)c(B)c(B)c(B)c23)c2c(B)c(B)c(B)c(B)c12. The second kappa shape index (κ2) is 19.8. The van der Waals surface area contributed by atoms with Crippen LogP contribution in [0.4, 0.5) is 0 Å². The molecule has 0 amide bonds. The molecule has 77 heavy (non-hydrogen) atoms. The van der Waals surface area contributed by atoms with Gasteiger partial charge in [-0.2, -0.15) is 0 Å². The van der Waals surface area contributed by atoms with Gasteiger partial charge in [-0.05, 0) is 48.9 Å². The lowest BCUT2D eigenvalue weighted by molar-refractivity contribution is 1.08. The van der Waals surface area contributed by atoms with Crippen molar-refractivity contribution >= 4 is 405 Å². The molecule has 9 aromatic rings. The Morgan fingerprint density at radius 3 is 0.948 bits per heavy atom. The fourth-order valence-corrected chi connectivity index (χ4v) is 14.2. The van der Waals surface area contributed by atoms with Gasteiger partial charge in [0.1, 0.15) is 212 Å². The van der Waals surface area contributed by atoms with Crippen molar-refractivity contribution in [1.82, 2.24) is 19.5 Å². The number of fused-ring (bicyclic) bond motifs is 4. The minimum absolute atomic E-state index is 0.714. The first kappa shape index (κ1) is 56.9. The van der Waals surface area contributed by atoms with Gasteiger partial charge < -0.3 is 4.57 Å². The Hall–Kier alpha value is -4.83. The zero-order valence-corrected chi connectivity index (χ0v) is 52.5. The summed E-state index contributed by atoms with van der Waals surface area (Å²) in [7, 11) is 64.4. The van der Waals surface area contributed by atoms with Gasteiger partial charge in [0.2, 0.25) is 0 Å². The summed E-state index contributed by atoms with van der Waals surface area (Å²) in [4.78, 5) is 17.5. The van der Waals surface area contributed by atoms with Crippen molar-refractivity contribution in [2.45, 2.75) is 0 Å². The van der Waals surface area contributed by atoms with Gasteiger partial charge in [0.25, 0.3) is 0 Å². The van der Waals surface area contributed by atoms with Crippen molar-refractivity contribution < 1.29 is 0 Å². The molecule has 0 radical (unpaired) electrons. The van der Waals surface area contributed by atoms with Crippen LogP contribution in [0.1, 0.15) is 5.56 Å². The molecule has 0 aliphatic heterocycles. The first-order chi connectivity index (χ1) is 35.9. The highest BCUT2D eigenvalue weighted by atomic mass is 15.0. The Morgan fingerprint density at radius 1 is 0.286 bits per heavy atom. The minimum Gasteiger partial charge on any atom is -0.323 e. The molecular formula is C45H58B28N4. The van der Waals surface area contributed by atoms with E-state index >= 15 is 0 Å². The highest BCUT2D eigenvalue weighted by molar-refractivity contribution is 6.76. The smallest absolute Gasteiger partial charge is 0.164 e. The fourth-order valence-electron chi connectivity index (χ4n) is 14.2. The predicted molar refractivity (Wildman–Crippen MR) is 432 cm³/mol. The third-order valence-corrected chi connectivity index (χ3v) is 20.9. The van der Waals surface area contributed by atoms with Gasteiger partial charge in [-0.15, -0.1) is 55.8 Å². The first-order valence-electron chi connectivity index (χ1n) is 28.1. The molecule has 0 aliphatic carbocycles. The zero-order valence-electron chi connectivity index (χ0n) is 52.5. The largest absolute Gasteiger partial charge is 0.323 e. The molecule has 0 spiro atoms. The van der Waals surface area contributed by atoms with Gasteiger partial charge in [-0.1, -0.05) is 98.3 Å². The van der Waals surface area contributed by atoms with Crippen LogP contribution >= 0.6 is 0 Å². The number of rotatable bonds is 6. The van der Waals surface area contributed by atoms with Gasteiger partial charge in [-0.25, -0.2) is 15.0 Å². The zero-order chi connectivity index (χ0) is 57.1. The Kier molecular flexibility index (Phi) is 14.6. The summed E-state index contributed by atoms with van der Waals surface area (Å²) in [5.41, 5.74) is 43.0. The molecule has 0 bridgehead atoms. The van der Waals surface area contributed by atoms with Crippen LogP contribution in [0, 0.1) is 0 Å². The Balaban J connectivity index is 1.54. The molecular weight excluding hydrogens is 899 g/mol. The van der Waals surface area contributed by atoms with Crippen LogP contribution in [-0.2, 0) is 0 Å². The average molecular weight is 958 g/mol. The van der Waals surface area contributed by atoms with E-state index in [1.807, 2.05) is 0 Å². The maximum absolute atomic E-state index is 5.87. The number of aromatic nitrogens is 4. The molecule has 0 fully saturated rings. The van der Waals surface area contributed by atoms with Crippen molar-refractivity contribution in [1.29, 1.82) is 0 Å². The monoisotopic (exact) mass is 963 g/mol. The second-order valence-corrected chi connectivity index (χ2v) is 24.1. The van der Waals surface area contributed by atoms with Crippen molar-refractivity contribution in [3.05, 3.63) is 23.1 Å². The minimum atomic E-state index is 0.714. The van der Waals surface area contributed by atoms with E-state index in [4.69, 9.17) is 15.0 Å². The molecule has 2 aromatic heterocycles.